The van der Waals surface area contributed by atoms with Crippen LogP contribution < -0.4 is 0 Å². The van der Waals surface area contributed by atoms with Crippen molar-refractivity contribution in [1.82, 2.24) is 4.31 Å². The van der Waals surface area contributed by atoms with E-state index in [-0.39, 0.29) is 24.7 Å². The third kappa shape index (κ3) is 2.48. The lowest BCUT2D eigenvalue weighted by molar-refractivity contribution is -0.0422. The van der Waals surface area contributed by atoms with Gasteiger partial charge >= 0.3 is 10.3 Å². The normalized spacial score (nSPS) is 35.8. The van der Waals surface area contributed by atoms with Crippen LogP contribution in [0.4, 0.5) is 0 Å². The van der Waals surface area contributed by atoms with Gasteiger partial charge in [-0.15, -0.1) is 6.58 Å². The highest BCUT2D eigenvalue weighted by Crippen LogP contribution is 2.63. The zero-order valence-corrected chi connectivity index (χ0v) is 17.3. The van der Waals surface area contributed by atoms with E-state index in [9.17, 15) is 8.42 Å². The van der Waals surface area contributed by atoms with Crippen molar-refractivity contribution in [2.75, 3.05) is 20.3 Å². The maximum absolute atomic E-state index is 12.8. The highest BCUT2D eigenvalue weighted by molar-refractivity contribution is 9.10. The van der Waals surface area contributed by atoms with Crippen molar-refractivity contribution in [3.05, 3.63) is 46.5 Å². The molecule has 0 aromatic heterocycles. The van der Waals surface area contributed by atoms with Gasteiger partial charge in [0.05, 0.1) is 18.2 Å². The van der Waals surface area contributed by atoms with Gasteiger partial charge in [0.1, 0.15) is 0 Å². The molecule has 3 aliphatic rings. The Morgan fingerprint density at radius 2 is 2.15 bits per heavy atom. The fourth-order valence-electron chi connectivity index (χ4n) is 5.33. The molecule has 1 saturated heterocycles. The second-order valence-electron chi connectivity index (χ2n) is 7.59. The van der Waals surface area contributed by atoms with E-state index in [1.807, 2.05) is 6.07 Å². The number of halogens is 1. The smallest absolute Gasteiger partial charge is 0.339 e. The number of hydrogen-bond donors (Lipinski definition) is 0. The van der Waals surface area contributed by atoms with Crippen LogP contribution >= 0.6 is 15.9 Å². The van der Waals surface area contributed by atoms with E-state index in [1.165, 1.54) is 5.56 Å². The van der Waals surface area contributed by atoms with Crippen molar-refractivity contribution < 1.29 is 17.3 Å². The first-order chi connectivity index (χ1) is 12.4. The molecule has 7 heteroatoms. The molecule has 2 spiro atoms. The minimum Gasteiger partial charge on any atom is -0.381 e. The Morgan fingerprint density at radius 3 is 2.81 bits per heavy atom. The summed E-state index contributed by atoms with van der Waals surface area (Å²) in [6.07, 6.45) is 6.50. The Bertz CT molecular complexity index is 832. The molecular formula is C19H24BrNO4S. The van der Waals surface area contributed by atoms with Gasteiger partial charge in [0.2, 0.25) is 0 Å². The third-order valence-electron chi connectivity index (χ3n) is 6.55. The summed E-state index contributed by atoms with van der Waals surface area (Å²) in [4.78, 5) is 0. The summed E-state index contributed by atoms with van der Waals surface area (Å²) in [7, 11) is -2.02. The van der Waals surface area contributed by atoms with Gasteiger partial charge in [-0.3, -0.25) is 4.18 Å². The van der Waals surface area contributed by atoms with Crippen LogP contribution in [0.2, 0.25) is 0 Å². The summed E-state index contributed by atoms with van der Waals surface area (Å²) < 4.78 is 39.1. The summed E-state index contributed by atoms with van der Waals surface area (Å²) >= 11 is 3.57. The Labute approximate surface area is 163 Å². The van der Waals surface area contributed by atoms with E-state index in [1.54, 1.807) is 17.5 Å². The van der Waals surface area contributed by atoms with E-state index in [4.69, 9.17) is 8.92 Å². The molecule has 5 nitrogen and oxygen atoms in total. The first-order valence-corrected chi connectivity index (χ1v) is 11.1. The molecule has 0 radical (unpaired) electrons. The molecule has 142 valence electrons. The van der Waals surface area contributed by atoms with Crippen LogP contribution in [-0.2, 0) is 31.2 Å². The molecule has 1 unspecified atom stereocenters. The van der Waals surface area contributed by atoms with Gasteiger partial charge in [0.15, 0.2) is 0 Å². The molecule has 1 aliphatic heterocycles. The van der Waals surface area contributed by atoms with Crippen LogP contribution in [0, 0.1) is 5.41 Å². The van der Waals surface area contributed by atoms with E-state index in [0.717, 1.165) is 42.1 Å². The van der Waals surface area contributed by atoms with Crippen LogP contribution in [0.1, 0.15) is 36.8 Å². The molecule has 1 heterocycles. The zero-order chi connectivity index (χ0) is 18.6. The molecule has 2 fully saturated rings. The van der Waals surface area contributed by atoms with Crippen LogP contribution in [0.5, 0.6) is 0 Å². The Hall–Kier alpha value is -0.730. The minimum absolute atomic E-state index is 0.169. The number of ether oxygens (including phenoxy) is 1. The fraction of sp³-hybridized carbons (Fsp3) is 0.579. The average molecular weight is 442 g/mol. The van der Waals surface area contributed by atoms with Crippen molar-refractivity contribution in [2.24, 2.45) is 5.41 Å². The van der Waals surface area contributed by atoms with E-state index < -0.39 is 15.8 Å². The SMILES string of the molecule is C=CCN1C2(COS1(=O)=O)c1cc(Br)ccc1CC21CCC(OC)CC1. The number of fused-ring (bicyclic) bond motifs is 3. The topological polar surface area (TPSA) is 55.8 Å². The average Bonchev–Trinajstić information content (AvgIpc) is 3.04. The second kappa shape index (κ2) is 6.41. The summed E-state index contributed by atoms with van der Waals surface area (Å²) in [5, 5.41) is 0. The predicted molar refractivity (Wildman–Crippen MR) is 103 cm³/mol. The van der Waals surface area contributed by atoms with Gasteiger partial charge in [0.25, 0.3) is 0 Å². The van der Waals surface area contributed by atoms with E-state index in [0.29, 0.717) is 0 Å². The standard InChI is InChI=1S/C19H24BrNO4S/c1-3-10-21-19(13-25-26(21,22)23)17-11-15(20)5-4-14(17)12-18(19)8-6-16(24-2)7-9-18/h3-5,11,16H,1,6-10,12-13H2,2H3. The highest BCUT2D eigenvalue weighted by atomic mass is 79.9. The van der Waals surface area contributed by atoms with Crippen molar-refractivity contribution in [2.45, 2.75) is 43.7 Å². The lowest BCUT2D eigenvalue weighted by Crippen LogP contribution is -2.56. The molecule has 0 bridgehead atoms. The van der Waals surface area contributed by atoms with Crippen molar-refractivity contribution in [3.8, 4) is 0 Å². The predicted octanol–water partition coefficient (Wildman–Crippen LogP) is 3.54. The van der Waals surface area contributed by atoms with E-state index >= 15 is 0 Å². The van der Waals surface area contributed by atoms with Crippen LogP contribution in [0.25, 0.3) is 0 Å². The molecule has 26 heavy (non-hydrogen) atoms. The zero-order valence-electron chi connectivity index (χ0n) is 14.9. The monoisotopic (exact) mass is 441 g/mol. The number of hydrogen-bond acceptors (Lipinski definition) is 4. The van der Waals surface area contributed by atoms with Crippen molar-refractivity contribution in [3.63, 3.8) is 0 Å². The van der Waals surface area contributed by atoms with Crippen LogP contribution in [0.15, 0.2) is 35.3 Å². The summed E-state index contributed by atoms with van der Waals surface area (Å²) in [5.41, 5.74) is 1.46. The molecule has 1 aromatic rings. The summed E-state index contributed by atoms with van der Waals surface area (Å²) in [6, 6.07) is 6.23. The number of nitrogens with zero attached hydrogens (tertiary/aromatic N) is 1. The van der Waals surface area contributed by atoms with Gasteiger partial charge in [-0.2, -0.15) is 12.7 Å². The first-order valence-electron chi connectivity index (χ1n) is 8.98. The minimum atomic E-state index is -3.78. The van der Waals surface area contributed by atoms with Crippen LogP contribution in [0.3, 0.4) is 0 Å². The quantitative estimate of drug-likeness (QED) is 0.673. The highest BCUT2D eigenvalue weighted by Gasteiger charge is 2.67. The van der Waals surface area contributed by atoms with Crippen molar-refractivity contribution >= 4 is 26.2 Å². The third-order valence-corrected chi connectivity index (χ3v) is 8.46. The lowest BCUT2D eigenvalue weighted by Gasteiger charge is -2.50. The number of methoxy groups -OCH3 is 1. The first kappa shape index (κ1) is 18.6. The van der Waals surface area contributed by atoms with Gasteiger partial charge in [-0.25, -0.2) is 0 Å². The molecule has 1 saturated carbocycles. The second-order valence-corrected chi connectivity index (χ2v) is 10.0. The van der Waals surface area contributed by atoms with Crippen LogP contribution in [-0.4, -0.2) is 39.1 Å². The Morgan fingerprint density at radius 1 is 1.42 bits per heavy atom. The maximum Gasteiger partial charge on any atom is 0.339 e. The molecule has 1 atom stereocenters. The lowest BCUT2D eigenvalue weighted by atomic mass is 9.61. The van der Waals surface area contributed by atoms with Gasteiger partial charge in [-0.1, -0.05) is 28.1 Å². The van der Waals surface area contributed by atoms with Gasteiger partial charge in [-0.05, 0) is 55.4 Å². The Kier molecular flexibility index (Phi) is 4.59. The summed E-state index contributed by atoms with van der Waals surface area (Å²) in [6.45, 7) is 4.21. The molecule has 2 aliphatic carbocycles. The molecule has 0 N–H and O–H groups in total. The number of rotatable bonds is 3. The molecule has 0 amide bonds. The molecule has 1 aromatic carbocycles. The maximum atomic E-state index is 12.8. The summed E-state index contributed by atoms with van der Waals surface area (Å²) in [5.74, 6) is 0. The van der Waals surface area contributed by atoms with Gasteiger partial charge < -0.3 is 4.74 Å². The molecular weight excluding hydrogens is 418 g/mol. The van der Waals surface area contributed by atoms with Gasteiger partial charge in [0, 0.05) is 23.5 Å². The largest absolute Gasteiger partial charge is 0.381 e. The Balaban J connectivity index is 1.90. The fourth-order valence-corrected chi connectivity index (χ4v) is 7.16. The number of benzene rings is 1. The molecule has 4 rings (SSSR count). The van der Waals surface area contributed by atoms with Crippen molar-refractivity contribution in [1.29, 1.82) is 0 Å². The van der Waals surface area contributed by atoms with E-state index in [2.05, 4.69) is 34.6 Å².